The molecule has 2 heterocycles. The summed E-state index contributed by atoms with van der Waals surface area (Å²) in [7, 11) is 1.66. The lowest BCUT2D eigenvalue weighted by Gasteiger charge is -2.41. The molecule has 2 fully saturated rings. The van der Waals surface area contributed by atoms with Crippen LogP contribution < -0.4 is 4.74 Å². The van der Waals surface area contributed by atoms with Crippen LogP contribution in [0.25, 0.3) is 11.3 Å². The van der Waals surface area contributed by atoms with Crippen molar-refractivity contribution < 1.29 is 9.53 Å². The van der Waals surface area contributed by atoms with Crippen molar-refractivity contribution in [1.82, 2.24) is 14.7 Å². The molecule has 1 aliphatic heterocycles. The van der Waals surface area contributed by atoms with Crippen molar-refractivity contribution in [2.45, 2.75) is 38.6 Å². The number of aromatic nitrogens is 2. The SMILES string of the molecule is COc1ccccc1-c1nn(Cc2ccccc2)cc1C(=O)N1CC[C@@H]2CCCC[C@@H]2C1. The van der Waals surface area contributed by atoms with Crippen LogP contribution in [0, 0.1) is 11.8 Å². The molecule has 1 saturated heterocycles. The summed E-state index contributed by atoms with van der Waals surface area (Å²) < 4.78 is 7.49. The fourth-order valence-electron chi connectivity index (χ4n) is 5.42. The Labute approximate surface area is 190 Å². The Kier molecular flexibility index (Phi) is 5.97. The van der Waals surface area contributed by atoms with Gasteiger partial charge in [0.05, 0.1) is 19.2 Å². The molecule has 1 amide bonds. The van der Waals surface area contributed by atoms with E-state index in [4.69, 9.17) is 9.84 Å². The Morgan fingerprint density at radius 3 is 2.56 bits per heavy atom. The number of piperidine rings is 1. The smallest absolute Gasteiger partial charge is 0.257 e. The number of ether oxygens (including phenoxy) is 1. The molecule has 2 atom stereocenters. The second-order valence-corrected chi connectivity index (χ2v) is 9.12. The zero-order valence-corrected chi connectivity index (χ0v) is 18.7. The summed E-state index contributed by atoms with van der Waals surface area (Å²) in [6, 6.07) is 18.1. The van der Waals surface area contributed by atoms with Gasteiger partial charge in [-0.1, -0.05) is 61.7 Å². The Bertz CT molecular complexity index is 1080. The van der Waals surface area contributed by atoms with Crippen LogP contribution in [-0.2, 0) is 6.54 Å². The minimum Gasteiger partial charge on any atom is -0.496 e. The number of carbonyl (C=O) groups excluding carboxylic acids is 1. The molecule has 3 aromatic rings. The van der Waals surface area contributed by atoms with Gasteiger partial charge in [0.25, 0.3) is 5.91 Å². The molecular formula is C27H31N3O2. The predicted molar refractivity (Wildman–Crippen MR) is 126 cm³/mol. The van der Waals surface area contributed by atoms with E-state index < -0.39 is 0 Å². The molecule has 1 aromatic heterocycles. The summed E-state index contributed by atoms with van der Waals surface area (Å²) >= 11 is 0. The first-order valence-corrected chi connectivity index (χ1v) is 11.8. The van der Waals surface area contributed by atoms with Crippen LogP contribution in [0.2, 0.25) is 0 Å². The monoisotopic (exact) mass is 429 g/mol. The first-order chi connectivity index (χ1) is 15.7. The first kappa shape index (κ1) is 20.8. The highest BCUT2D eigenvalue weighted by Gasteiger charge is 2.34. The zero-order chi connectivity index (χ0) is 21.9. The van der Waals surface area contributed by atoms with Crippen LogP contribution in [0.3, 0.4) is 0 Å². The molecule has 0 spiro atoms. The van der Waals surface area contributed by atoms with Crippen molar-refractivity contribution in [3.63, 3.8) is 0 Å². The van der Waals surface area contributed by atoms with Crippen LogP contribution in [0.15, 0.2) is 60.8 Å². The highest BCUT2D eigenvalue weighted by Crippen LogP contribution is 2.37. The zero-order valence-electron chi connectivity index (χ0n) is 18.7. The summed E-state index contributed by atoms with van der Waals surface area (Å²) in [4.78, 5) is 15.8. The number of para-hydroxylation sites is 1. The van der Waals surface area contributed by atoms with Gasteiger partial charge >= 0.3 is 0 Å². The Hall–Kier alpha value is -3.08. The third-order valence-electron chi connectivity index (χ3n) is 7.12. The van der Waals surface area contributed by atoms with Crippen molar-refractivity contribution in [3.8, 4) is 17.0 Å². The summed E-state index contributed by atoms with van der Waals surface area (Å²) in [6.07, 6.45) is 8.27. The third kappa shape index (κ3) is 4.16. The molecule has 0 unspecified atom stereocenters. The number of rotatable bonds is 5. The van der Waals surface area contributed by atoms with E-state index in [-0.39, 0.29) is 5.91 Å². The first-order valence-electron chi connectivity index (χ1n) is 11.8. The number of amides is 1. The van der Waals surface area contributed by atoms with Gasteiger partial charge in [0.15, 0.2) is 0 Å². The van der Waals surface area contributed by atoms with E-state index >= 15 is 0 Å². The van der Waals surface area contributed by atoms with Crippen LogP contribution in [0.5, 0.6) is 5.75 Å². The normalized spacial score (nSPS) is 20.6. The highest BCUT2D eigenvalue weighted by atomic mass is 16.5. The highest BCUT2D eigenvalue weighted by molar-refractivity contribution is 6.00. The Balaban J connectivity index is 1.49. The average molecular weight is 430 g/mol. The number of benzene rings is 2. The second kappa shape index (κ2) is 9.19. The van der Waals surface area contributed by atoms with Crippen molar-refractivity contribution >= 4 is 5.91 Å². The second-order valence-electron chi connectivity index (χ2n) is 9.12. The van der Waals surface area contributed by atoms with Gasteiger partial charge < -0.3 is 9.64 Å². The van der Waals surface area contributed by atoms with Gasteiger partial charge in [-0.3, -0.25) is 9.48 Å². The van der Waals surface area contributed by atoms with Crippen molar-refractivity contribution in [2.24, 2.45) is 11.8 Å². The predicted octanol–water partition coefficient (Wildman–Crippen LogP) is 5.26. The largest absolute Gasteiger partial charge is 0.496 e. The molecule has 2 aromatic carbocycles. The number of hydrogen-bond acceptors (Lipinski definition) is 3. The number of fused-ring (bicyclic) bond motifs is 1. The summed E-state index contributed by atoms with van der Waals surface area (Å²) in [5, 5.41) is 4.87. The topological polar surface area (TPSA) is 47.4 Å². The van der Waals surface area contributed by atoms with Gasteiger partial charge in [-0.15, -0.1) is 0 Å². The summed E-state index contributed by atoms with van der Waals surface area (Å²) in [5.41, 5.74) is 3.38. The van der Waals surface area contributed by atoms with Crippen LogP contribution in [0.1, 0.15) is 48.0 Å². The molecule has 32 heavy (non-hydrogen) atoms. The van der Waals surface area contributed by atoms with E-state index in [0.29, 0.717) is 23.7 Å². The number of likely N-dealkylation sites (tertiary alicyclic amines) is 1. The van der Waals surface area contributed by atoms with E-state index in [1.165, 1.54) is 25.7 Å². The Morgan fingerprint density at radius 1 is 1.00 bits per heavy atom. The number of nitrogens with zero attached hydrogens (tertiary/aromatic N) is 3. The fourth-order valence-corrected chi connectivity index (χ4v) is 5.42. The van der Waals surface area contributed by atoms with Crippen LogP contribution in [-0.4, -0.2) is 40.8 Å². The fraction of sp³-hybridized carbons (Fsp3) is 0.407. The molecule has 5 heteroatoms. The van der Waals surface area contributed by atoms with Crippen molar-refractivity contribution in [1.29, 1.82) is 0 Å². The quantitative estimate of drug-likeness (QED) is 0.556. The maximum absolute atomic E-state index is 13.8. The van der Waals surface area contributed by atoms with Gasteiger partial charge in [-0.2, -0.15) is 5.10 Å². The minimum atomic E-state index is 0.0919. The third-order valence-corrected chi connectivity index (χ3v) is 7.12. The lowest BCUT2D eigenvalue weighted by molar-refractivity contribution is 0.0521. The van der Waals surface area contributed by atoms with E-state index in [1.54, 1.807) is 7.11 Å². The van der Waals surface area contributed by atoms with Crippen molar-refractivity contribution in [2.75, 3.05) is 20.2 Å². The molecule has 5 nitrogen and oxygen atoms in total. The number of methoxy groups -OCH3 is 1. The summed E-state index contributed by atoms with van der Waals surface area (Å²) in [6.45, 7) is 2.34. The van der Waals surface area contributed by atoms with Gasteiger partial charge in [0.2, 0.25) is 0 Å². The van der Waals surface area contributed by atoms with Gasteiger partial charge in [0, 0.05) is 24.8 Å². The number of hydrogen-bond donors (Lipinski definition) is 0. The molecule has 0 bridgehead atoms. The molecule has 1 aliphatic carbocycles. The standard InChI is InChI=1S/C27H31N3O2/c1-32-25-14-8-7-13-23(25)26-24(19-30(28-26)17-20-9-3-2-4-10-20)27(31)29-16-15-21-11-5-6-12-22(21)18-29/h2-4,7-10,13-14,19,21-22H,5-6,11-12,15-18H2,1H3/t21-,22+/m0/s1. The molecule has 1 saturated carbocycles. The molecular weight excluding hydrogens is 398 g/mol. The van der Waals surface area contributed by atoms with Gasteiger partial charge in [-0.05, 0) is 42.4 Å². The van der Waals surface area contributed by atoms with E-state index in [2.05, 4.69) is 17.0 Å². The van der Waals surface area contributed by atoms with Crippen molar-refractivity contribution in [3.05, 3.63) is 71.9 Å². The van der Waals surface area contributed by atoms with Crippen LogP contribution in [0.4, 0.5) is 0 Å². The molecule has 0 radical (unpaired) electrons. The molecule has 0 N–H and O–H groups in total. The van der Waals surface area contributed by atoms with Gasteiger partial charge in [-0.25, -0.2) is 0 Å². The van der Waals surface area contributed by atoms with Gasteiger partial charge in [0.1, 0.15) is 11.4 Å². The van der Waals surface area contributed by atoms with E-state index in [9.17, 15) is 4.79 Å². The lowest BCUT2D eigenvalue weighted by atomic mass is 9.75. The minimum absolute atomic E-state index is 0.0919. The molecule has 5 rings (SSSR count). The van der Waals surface area contributed by atoms with Crippen LogP contribution >= 0.6 is 0 Å². The van der Waals surface area contributed by atoms with E-state index in [0.717, 1.165) is 42.3 Å². The maximum atomic E-state index is 13.8. The lowest BCUT2D eigenvalue weighted by Crippen LogP contribution is -2.44. The Morgan fingerprint density at radius 2 is 1.75 bits per heavy atom. The average Bonchev–Trinajstić information content (AvgIpc) is 3.27. The molecule has 166 valence electrons. The maximum Gasteiger partial charge on any atom is 0.257 e. The number of carbonyl (C=O) groups is 1. The summed E-state index contributed by atoms with van der Waals surface area (Å²) in [5.74, 6) is 2.27. The molecule has 2 aliphatic rings. The van der Waals surface area contributed by atoms with E-state index in [1.807, 2.05) is 53.3 Å².